The van der Waals surface area contributed by atoms with Gasteiger partial charge in [0.2, 0.25) is 0 Å². The van der Waals surface area contributed by atoms with Gasteiger partial charge in [0.05, 0.1) is 11.5 Å². The molecule has 1 heterocycles. The fourth-order valence-corrected chi connectivity index (χ4v) is 3.20. The van der Waals surface area contributed by atoms with Gasteiger partial charge in [-0.25, -0.2) is 18.0 Å². The molecule has 1 saturated heterocycles. The molecule has 1 atom stereocenters. The molecule has 1 aliphatic heterocycles. The number of carboxylic acid groups (broad SMARTS) is 1. The number of amides is 3. The smallest absolute Gasteiger partial charge is 0.329 e. The monoisotopic (exact) mass is 294 g/mol. The van der Waals surface area contributed by atoms with Crippen LogP contribution in [0, 0.1) is 0 Å². The van der Waals surface area contributed by atoms with Crippen molar-refractivity contribution < 1.29 is 32.6 Å². The Morgan fingerprint density at radius 1 is 1.26 bits per heavy atom. The van der Waals surface area contributed by atoms with Crippen LogP contribution in [0.25, 0.3) is 0 Å². The predicted molar refractivity (Wildman–Crippen MR) is 62.2 cm³/mol. The van der Waals surface area contributed by atoms with Gasteiger partial charge < -0.3 is 15.2 Å². The third-order valence-electron chi connectivity index (χ3n) is 2.28. The van der Waals surface area contributed by atoms with Crippen molar-refractivity contribution in [2.24, 2.45) is 0 Å². The maximum Gasteiger partial charge on any atom is 0.329 e. The number of carboxylic acids is 1. The van der Waals surface area contributed by atoms with Crippen molar-refractivity contribution >= 4 is 27.7 Å². The maximum absolute atomic E-state index is 11.3. The van der Waals surface area contributed by atoms with Gasteiger partial charge >= 0.3 is 12.0 Å². The average Bonchev–Trinajstić information content (AvgIpc) is 2.56. The van der Waals surface area contributed by atoms with E-state index in [0.717, 1.165) is 0 Å². The molecule has 1 rings (SSSR count). The van der Waals surface area contributed by atoms with E-state index in [4.69, 9.17) is 5.11 Å². The number of sulfone groups is 1. The lowest BCUT2D eigenvalue weighted by Gasteiger charge is -2.11. The first-order chi connectivity index (χ1) is 8.78. The number of hydrogen-bond donors (Lipinski definition) is 3. The SMILES string of the molecule is O=C(O)COCC(=O)NC(=O)NC1CCS(=O)(=O)C1. The first kappa shape index (κ1) is 15.4. The lowest BCUT2D eigenvalue weighted by molar-refractivity contribution is -0.143. The quantitative estimate of drug-likeness (QED) is 0.538. The number of imide groups is 1. The van der Waals surface area contributed by atoms with Crippen molar-refractivity contribution in [3.05, 3.63) is 0 Å². The highest BCUT2D eigenvalue weighted by molar-refractivity contribution is 7.91. The van der Waals surface area contributed by atoms with Crippen LogP contribution in [0.5, 0.6) is 0 Å². The molecule has 3 N–H and O–H groups in total. The zero-order valence-electron chi connectivity index (χ0n) is 9.92. The fourth-order valence-electron chi connectivity index (χ4n) is 1.52. The molecule has 0 aromatic heterocycles. The topological polar surface area (TPSA) is 139 Å². The second-order valence-corrected chi connectivity index (χ2v) is 6.24. The highest BCUT2D eigenvalue weighted by atomic mass is 32.2. The third-order valence-corrected chi connectivity index (χ3v) is 4.05. The van der Waals surface area contributed by atoms with Gasteiger partial charge in [0, 0.05) is 6.04 Å². The predicted octanol–water partition coefficient (Wildman–Crippen LogP) is -1.90. The Morgan fingerprint density at radius 3 is 2.47 bits per heavy atom. The fraction of sp³-hybridized carbons (Fsp3) is 0.667. The van der Waals surface area contributed by atoms with Gasteiger partial charge in [-0.15, -0.1) is 0 Å². The molecule has 9 nitrogen and oxygen atoms in total. The first-order valence-corrected chi connectivity index (χ1v) is 7.21. The van der Waals surface area contributed by atoms with Crippen LogP contribution >= 0.6 is 0 Å². The summed E-state index contributed by atoms with van der Waals surface area (Å²) >= 11 is 0. The standard InChI is InChI=1S/C9H14N2O7S/c12-7(3-18-4-8(13)14)11-9(15)10-6-1-2-19(16,17)5-6/h6H,1-5H2,(H,13,14)(H2,10,11,12,15). The Labute approximate surface area is 109 Å². The largest absolute Gasteiger partial charge is 0.480 e. The average molecular weight is 294 g/mol. The Morgan fingerprint density at radius 2 is 1.95 bits per heavy atom. The van der Waals surface area contributed by atoms with Crippen molar-refractivity contribution in [3.8, 4) is 0 Å². The van der Waals surface area contributed by atoms with Gasteiger partial charge in [-0.2, -0.15) is 0 Å². The number of aliphatic carboxylic acids is 1. The van der Waals surface area contributed by atoms with E-state index in [9.17, 15) is 22.8 Å². The summed E-state index contributed by atoms with van der Waals surface area (Å²) < 4.78 is 26.7. The van der Waals surface area contributed by atoms with E-state index in [-0.39, 0.29) is 11.5 Å². The Balaban J connectivity index is 2.24. The van der Waals surface area contributed by atoms with Gasteiger partial charge in [-0.1, -0.05) is 0 Å². The first-order valence-electron chi connectivity index (χ1n) is 5.39. The number of nitrogens with one attached hydrogen (secondary N) is 2. The second-order valence-electron chi connectivity index (χ2n) is 4.01. The molecule has 108 valence electrons. The summed E-state index contributed by atoms with van der Waals surface area (Å²) in [6.07, 6.45) is 0.305. The summed E-state index contributed by atoms with van der Waals surface area (Å²) in [7, 11) is -3.11. The van der Waals surface area contributed by atoms with Gasteiger partial charge in [0.15, 0.2) is 9.84 Å². The maximum atomic E-state index is 11.3. The molecular weight excluding hydrogens is 280 g/mol. The normalized spacial score (nSPS) is 20.7. The van der Waals surface area contributed by atoms with Crippen LogP contribution in [0.3, 0.4) is 0 Å². The van der Waals surface area contributed by atoms with Gasteiger partial charge in [-0.05, 0) is 6.42 Å². The molecule has 0 spiro atoms. The van der Waals surface area contributed by atoms with Crippen LogP contribution in [0.2, 0.25) is 0 Å². The highest BCUT2D eigenvalue weighted by Crippen LogP contribution is 2.10. The lowest BCUT2D eigenvalue weighted by atomic mass is 10.3. The molecule has 1 aliphatic rings. The van der Waals surface area contributed by atoms with Crippen molar-refractivity contribution in [2.75, 3.05) is 24.7 Å². The molecular formula is C9H14N2O7S. The number of rotatable bonds is 5. The van der Waals surface area contributed by atoms with Crippen LogP contribution in [-0.4, -0.2) is 62.2 Å². The van der Waals surface area contributed by atoms with E-state index in [1.807, 2.05) is 5.32 Å². The minimum Gasteiger partial charge on any atom is -0.480 e. The summed E-state index contributed by atoms with van der Waals surface area (Å²) in [5, 5.41) is 12.5. The zero-order chi connectivity index (χ0) is 14.5. The minimum absolute atomic E-state index is 0.00756. The minimum atomic E-state index is -3.11. The zero-order valence-corrected chi connectivity index (χ0v) is 10.7. The van der Waals surface area contributed by atoms with Crippen LogP contribution in [0.15, 0.2) is 0 Å². The van der Waals surface area contributed by atoms with Crippen LogP contribution in [0.1, 0.15) is 6.42 Å². The number of urea groups is 1. The van der Waals surface area contributed by atoms with Crippen molar-refractivity contribution in [1.29, 1.82) is 0 Å². The van der Waals surface area contributed by atoms with Crippen LogP contribution in [-0.2, 0) is 24.2 Å². The Hall–Kier alpha value is -1.68. The molecule has 0 radical (unpaired) electrons. The summed E-state index contributed by atoms with van der Waals surface area (Å²) in [5.41, 5.74) is 0. The number of hydrogen-bond acceptors (Lipinski definition) is 6. The van der Waals surface area contributed by atoms with Gasteiger partial charge in [0.25, 0.3) is 5.91 Å². The van der Waals surface area contributed by atoms with E-state index in [1.54, 1.807) is 0 Å². The highest BCUT2D eigenvalue weighted by Gasteiger charge is 2.29. The van der Waals surface area contributed by atoms with Crippen LogP contribution in [0.4, 0.5) is 4.79 Å². The van der Waals surface area contributed by atoms with E-state index < -0.39 is 47.0 Å². The molecule has 0 aromatic rings. The van der Waals surface area contributed by atoms with Gasteiger partial charge in [-0.3, -0.25) is 10.1 Å². The van der Waals surface area contributed by atoms with E-state index >= 15 is 0 Å². The second kappa shape index (κ2) is 6.48. The molecule has 1 unspecified atom stereocenters. The summed E-state index contributed by atoms with van der Waals surface area (Å²) in [4.78, 5) is 32.5. The summed E-state index contributed by atoms with van der Waals surface area (Å²) in [6.45, 7) is -1.21. The lowest BCUT2D eigenvalue weighted by Crippen LogP contribution is -2.46. The molecule has 0 aliphatic carbocycles. The van der Waals surface area contributed by atoms with Crippen LogP contribution < -0.4 is 10.6 Å². The Kier molecular flexibility index (Phi) is 5.24. The van der Waals surface area contributed by atoms with Crippen molar-refractivity contribution in [2.45, 2.75) is 12.5 Å². The summed E-state index contributed by atoms with van der Waals surface area (Å²) in [5.74, 6) is -2.18. The molecule has 1 fully saturated rings. The molecule has 0 saturated carbocycles. The van der Waals surface area contributed by atoms with Crippen molar-refractivity contribution in [1.82, 2.24) is 10.6 Å². The Bertz CT molecular complexity index is 473. The van der Waals surface area contributed by atoms with E-state index in [2.05, 4.69) is 10.1 Å². The van der Waals surface area contributed by atoms with Gasteiger partial charge in [0.1, 0.15) is 13.2 Å². The third kappa shape index (κ3) is 6.15. The number of carbonyl (C=O) groups is 3. The van der Waals surface area contributed by atoms with E-state index in [0.29, 0.717) is 6.42 Å². The number of ether oxygens (including phenoxy) is 1. The van der Waals surface area contributed by atoms with E-state index in [1.165, 1.54) is 0 Å². The molecule has 3 amide bonds. The molecule has 19 heavy (non-hydrogen) atoms. The number of carbonyl (C=O) groups excluding carboxylic acids is 2. The molecule has 0 bridgehead atoms. The summed E-state index contributed by atoms with van der Waals surface area (Å²) in [6, 6.07) is -1.34. The van der Waals surface area contributed by atoms with Crippen molar-refractivity contribution in [3.63, 3.8) is 0 Å². The molecule has 10 heteroatoms. The molecule has 0 aromatic carbocycles.